The maximum atomic E-state index is 6.65. The molecule has 11 rings (SSSR count). The van der Waals surface area contributed by atoms with Gasteiger partial charge in [-0.3, -0.25) is 4.99 Å². The van der Waals surface area contributed by atoms with Crippen LogP contribution in [0.1, 0.15) is 36.1 Å². The lowest BCUT2D eigenvalue weighted by molar-refractivity contribution is 0.494. The van der Waals surface area contributed by atoms with Gasteiger partial charge in [0.25, 0.3) is 0 Å². The summed E-state index contributed by atoms with van der Waals surface area (Å²) in [5.41, 5.74) is 8.40. The van der Waals surface area contributed by atoms with E-state index in [0.29, 0.717) is 0 Å². The Balaban J connectivity index is 1.07. The van der Waals surface area contributed by atoms with Gasteiger partial charge in [0.2, 0.25) is 0 Å². The third-order valence-corrected chi connectivity index (χ3v) is 12.4. The van der Waals surface area contributed by atoms with Crippen molar-refractivity contribution in [2.24, 2.45) is 15.9 Å². The SMILES string of the molecule is CC1CC(c2ccccc2)=NC(c2cccc3oc4cc(-c5ccc6c(c5)sc5ccccc56)ccc4c23)=NC1c1ccc2ccc3ccccc3c2c1. The van der Waals surface area contributed by atoms with Gasteiger partial charge >= 0.3 is 0 Å². The molecule has 3 nitrogen and oxygen atoms in total. The van der Waals surface area contributed by atoms with Crippen LogP contribution in [-0.4, -0.2) is 11.5 Å². The highest BCUT2D eigenvalue weighted by molar-refractivity contribution is 7.25. The average molecular weight is 711 g/mol. The number of nitrogens with zero attached hydrogens (tertiary/aromatic N) is 2. The lowest BCUT2D eigenvalue weighted by Crippen LogP contribution is -2.12. The van der Waals surface area contributed by atoms with Crippen molar-refractivity contribution in [2.75, 3.05) is 0 Å². The Morgan fingerprint density at radius 3 is 2.15 bits per heavy atom. The van der Waals surface area contributed by atoms with Crippen LogP contribution in [0.5, 0.6) is 0 Å². The van der Waals surface area contributed by atoms with E-state index in [0.717, 1.165) is 56.6 Å². The van der Waals surface area contributed by atoms with Crippen molar-refractivity contribution in [3.63, 3.8) is 0 Å². The first-order valence-electron chi connectivity index (χ1n) is 18.6. The minimum absolute atomic E-state index is 0.0860. The molecule has 10 aromatic rings. The number of aliphatic imine (C=N–C) groups is 2. The zero-order valence-electron chi connectivity index (χ0n) is 29.7. The van der Waals surface area contributed by atoms with Gasteiger partial charge in [-0.05, 0) is 92.5 Å². The Labute approximate surface area is 316 Å². The molecule has 0 amide bonds. The molecule has 1 aliphatic rings. The van der Waals surface area contributed by atoms with Crippen molar-refractivity contribution in [2.45, 2.75) is 19.4 Å². The van der Waals surface area contributed by atoms with Crippen LogP contribution in [0.3, 0.4) is 0 Å². The molecule has 0 fully saturated rings. The second kappa shape index (κ2) is 12.4. The van der Waals surface area contributed by atoms with E-state index in [4.69, 9.17) is 14.4 Å². The van der Waals surface area contributed by atoms with E-state index >= 15 is 0 Å². The second-order valence-electron chi connectivity index (χ2n) is 14.6. The highest BCUT2D eigenvalue weighted by Gasteiger charge is 2.27. The first kappa shape index (κ1) is 31.2. The topological polar surface area (TPSA) is 37.9 Å². The molecule has 2 atom stereocenters. The van der Waals surface area contributed by atoms with Crippen molar-refractivity contribution in [1.82, 2.24) is 0 Å². The quantitative estimate of drug-likeness (QED) is 0.168. The molecule has 256 valence electrons. The molecule has 0 saturated heterocycles. The Morgan fingerprint density at radius 2 is 1.26 bits per heavy atom. The smallest absolute Gasteiger partial charge is 0.156 e. The molecule has 0 radical (unpaired) electrons. The first-order valence-corrected chi connectivity index (χ1v) is 19.5. The maximum absolute atomic E-state index is 6.65. The lowest BCUT2D eigenvalue weighted by Gasteiger charge is -2.20. The van der Waals surface area contributed by atoms with Gasteiger partial charge in [0.15, 0.2) is 5.84 Å². The molecule has 2 aromatic heterocycles. The summed E-state index contributed by atoms with van der Waals surface area (Å²) in [6.07, 6.45) is 0.810. The molecule has 54 heavy (non-hydrogen) atoms. The van der Waals surface area contributed by atoms with Crippen molar-refractivity contribution in [3.05, 3.63) is 180 Å². The van der Waals surface area contributed by atoms with Gasteiger partial charge in [-0.25, -0.2) is 4.99 Å². The van der Waals surface area contributed by atoms with E-state index in [2.05, 4.69) is 171 Å². The monoisotopic (exact) mass is 710 g/mol. The molecule has 0 bridgehead atoms. The number of thiophene rings is 1. The summed E-state index contributed by atoms with van der Waals surface area (Å²) in [4.78, 5) is 11.0. The molecule has 0 spiro atoms. The Kier molecular flexibility index (Phi) is 7.14. The van der Waals surface area contributed by atoms with E-state index in [1.54, 1.807) is 0 Å². The van der Waals surface area contributed by atoms with Gasteiger partial charge in [-0.15, -0.1) is 11.3 Å². The van der Waals surface area contributed by atoms with Crippen LogP contribution >= 0.6 is 11.3 Å². The van der Waals surface area contributed by atoms with Gasteiger partial charge in [0, 0.05) is 36.5 Å². The molecule has 1 aliphatic heterocycles. The number of rotatable bonds is 4. The predicted octanol–water partition coefficient (Wildman–Crippen LogP) is 13.9. The number of fused-ring (bicyclic) bond motifs is 9. The van der Waals surface area contributed by atoms with Crippen LogP contribution in [0.4, 0.5) is 0 Å². The first-order chi connectivity index (χ1) is 26.6. The zero-order valence-corrected chi connectivity index (χ0v) is 30.5. The van der Waals surface area contributed by atoms with E-state index in [1.807, 2.05) is 11.3 Å². The van der Waals surface area contributed by atoms with E-state index in [9.17, 15) is 0 Å². The average Bonchev–Trinajstić information content (AvgIpc) is 3.74. The summed E-state index contributed by atoms with van der Waals surface area (Å²) in [5.74, 6) is 0.962. The van der Waals surface area contributed by atoms with E-state index in [1.165, 1.54) is 52.8 Å². The minimum Gasteiger partial charge on any atom is -0.456 e. The molecule has 3 heterocycles. The number of amidine groups is 1. The minimum atomic E-state index is -0.0860. The summed E-state index contributed by atoms with van der Waals surface area (Å²) >= 11 is 1.85. The summed E-state index contributed by atoms with van der Waals surface area (Å²) in [7, 11) is 0. The lowest BCUT2D eigenvalue weighted by atomic mass is 9.88. The van der Waals surface area contributed by atoms with Gasteiger partial charge in [0.1, 0.15) is 11.2 Å². The van der Waals surface area contributed by atoms with Crippen LogP contribution in [0.2, 0.25) is 0 Å². The van der Waals surface area contributed by atoms with Crippen LogP contribution < -0.4 is 0 Å². The van der Waals surface area contributed by atoms with E-state index in [-0.39, 0.29) is 12.0 Å². The van der Waals surface area contributed by atoms with Gasteiger partial charge in [0.05, 0.1) is 11.8 Å². The summed E-state index contributed by atoms with van der Waals surface area (Å²) in [5, 5.41) is 9.74. The standard InChI is InChI=1S/C50H34N2OS/c1-30-26-43(33-11-3-2-4-12-33)51-50(52-49(30)36-21-20-32-19-18-31-10-5-6-13-37(31)42(32)27-36)41-15-9-16-44-48(41)40-25-23-34(28-45(40)53-44)35-22-24-39-38-14-7-8-17-46(38)54-47(39)29-35/h2-25,27-30,49H,26H2,1H3. The molecular weight excluding hydrogens is 677 g/mol. The highest BCUT2D eigenvalue weighted by Crippen LogP contribution is 2.41. The fourth-order valence-corrected chi connectivity index (χ4v) is 9.67. The van der Waals surface area contributed by atoms with Crippen molar-refractivity contribution in [3.8, 4) is 11.1 Å². The van der Waals surface area contributed by atoms with Crippen molar-refractivity contribution >= 4 is 86.5 Å². The second-order valence-corrected chi connectivity index (χ2v) is 15.7. The summed E-state index contributed by atoms with van der Waals surface area (Å²) in [6, 6.07) is 58.8. The normalized spacial score (nSPS) is 16.4. The van der Waals surface area contributed by atoms with Gasteiger partial charge < -0.3 is 4.42 Å². The van der Waals surface area contributed by atoms with Crippen LogP contribution in [0.15, 0.2) is 178 Å². The maximum Gasteiger partial charge on any atom is 0.156 e. The highest BCUT2D eigenvalue weighted by atomic mass is 32.1. The molecule has 8 aromatic carbocycles. The van der Waals surface area contributed by atoms with E-state index < -0.39 is 0 Å². The fourth-order valence-electron chi connectivity index (χ4n) is 8.52. The molecule has 0 N–H and O–H groups in total. The zero-order chi connectivity index (χ0) is 35.8. The van der Waals surface area contributed by atoms with Gasteiger partial charge in [-0.1, -0.05) is 134 Å². The predicted molar refractivity (Wildman–Crippen MR) is 230 cm³/mol. The van der Waals surface area contributed by atoms with Crippen LogP contribution in [0.25, 0.3) is 74.8 Å². The summed E-state index contributed by atoms with van der Waals surface area (Å²) < 4.78 is 9.25. The third kappa shape index (κ3) is 5.09. The van der Waals surface area contributed by atoms with Crippen LogP contribution in [-0.2, 0) is 0 Å². The fraction of sp³-hybridized carbons (Fsp3) is 0.0800. The largest absolute Gasteiger partial charge is 0.456 e. The molecule has 4 heteroatoms. The van der Waals surface area contributed by atoms with Crippen molar-refractivity contribution < 1.29 is 4.42 Å². The molecule has 0 aliphatic carbocycles. The summed E-state index contributed by atoms with van der Waals surface area (Å²) in [6.45, 7) is 2.31. The number of furan rings is 1. The van der Waals surface area contributed by atoms with Crippen molar-refractivity contribution in [1.29, 1.82) is 0 Å². The number of benzene rings is 8. The Morgan fingerprint density at radius 1 is 0.537 bits per heavy atom. The number of hydrogen-bond donors (Lipinski definition) is 0. The van der Waals surface area contributed by atoms with Crippen LogP contribution in [0, 0.1) is 5.92 Å². The van der Waals surface area contributed by atoms with Gasteiger partial charge in [-0.2, -0.15) is 0 Å². The molecule has 0 saturated carbocycles. The molecule has 2 unspecified atom stereocenters. The molecular formula is C50H34N2OS. The Hall–Kier alpha value is -6.36. The Bertz CT molecular complexity index is 3170. The number of hydrogen-bond acceptors (Lipinski definition) is 4. The third-order valence-electron chi connectivity index (χ3n) is 11.2.